The van der Waals surface area contributed by atoms with Crippen molar-refractivity contribution in [2.24, 2.45) is 0 Å². The minimum absolute atomic E-state index is 0.00376. The minimum Gasteiger partial charge on any atom is -0.457 e. The summed E-state index contributed by atoms with van der Waals surface area (Å²) in [6, 6.07) is 0. The molecule has 0 amide bonds. The van der Waals surface area contributed by atoms with E-state index in [1.165, 1.54) is 109 Å². The summed E-state index contributed by atoms with van der Waals surface area (Å²) >= 11 is 0. The lowest BCUT2D eigenvalue weighted by Crippen LogP contribution is -2.60. The third-order valence-electron chi connectivity index (χ3n) is 11.1. The van der Waals surface area contributed by atoms with Crippen LogP contribution in [0.5, 0.6) is 0 Å². The van der Waals surface area contributed by atoms with Crippen molar-refractivity contribution in [3.05, 3.63) is 60.8 Å². The number of hydrogen-bond acceptors (Lipinski definition) is 11. The second-order valence-electron chi connectivity index (χ2n) is 17.0. The van der Waals surface area contributed by atoms with Crippen LogP contribution in [0.25, 0.3) is 0 Å². The number of carbonyl (C=O) groups excluding carboxylic acids is 1. The SMILES string of the molecule is CC/C=C\C/C=C\C/C=C\C/C=C\CCCOCC(COC1OC(CO)C(O)C(OS(=O)(=O)O)C1O)OC(=O)CCCCCCCCCCCCC/C=C\CCCCCCCCCC. The van der Waals surface area contributed by atoms with Gasteiger partial charge < -0.3 is 34.3 Å². The first-order valence-electron chi connectivity index (χ1n) is 25.0. The van der Waals surface area contributed by atoms with Crippen molar-refractivity contribution in [1.82, 2.24) is 0 Å². The molecule has 64 heavy (non-hydrogen) atoms. The summed E-state index contributed by atoms with van der Waals surface area (Å²) in [6.45, 7) is 3.73. The molecule has 6 atom stereocenters. The molecule has 1 heterocycles. The van der Waals surface area contributed by atoms with Gasteiger partial charge in [0, 0.05) is 13.0 Å². The lowest BCUT2D eigenvalue weighted by molar-refractivity contribution is -0.301. The van der Waals surface area contributed by atoms with Crippen LogP contribution >= 0.6 is 0 Å². The monoisotopic (exact) mass is 927 g/mol. The number of aliphatic hydroxyl groups is 3. The second-order valence-corrected chi connectivity index (χ2v) is 18.1. The molecular formula is C51H90O12S. The van der Waals surface area contributed by atoms with Crippen LogP contribution in [0.4, 0.5) is 0 Å². The summed E-state index contributed by atoms with van der Waals surface area (Å²) in [7, 11) is -5.07. The van der Waals surface area contributed by atoms with Crippen LogP contribution in [-0.2, 0) is 38.3 Å². The quantitative estimate of drug-likeness (QED) is 0.0197. The highest BCUT2D eigenvalue weighted by atomic mass is 32.3. The third kappa shape index (κ3) is 35.1. The van der Waals surface area contributed by atoms with Crippen LogP contribution in [0.15, 0.2) is 60.8 Å². The van der Waals surface area contributed by atoms with Crippen LogP contribution in [0.2, 0.25) is 0 Å². The van der Waals surface area contributed by atoms with E-state index >= 15 is 0 Å². The van der Waals surface area contributed by atoms with E-state index in [-0.39, 0.29) is 19.6 Å². The minimum atomic E-state index is -5.07. The Bertz CT molecular complexity index is 1350. The van der Waals surface area contributed by atoms with E-state index in [9.17, 15) is 33.1 Å². The standard InChI is InChI=1S/C51H90O12S/c1-3-5-7-9-11-13-15-17-19-20-21-22-23-24-25-26-27-28-30-32-34-36-38-40-47(53)61-45(43-59-41-39-37-35-33-31-29-18-16-14-12-10-8-6-4-2)44-60-51-49(55)50(63-64(56,57)58)48(54)46(42-52)62-51/h6,8,12,14,18,20-21,29,33,35,45-46,48-52,54-55H,3-5,7,9-11,13,15-17,19,22-28,30-32,34,36-44H2,1-2H3,(H,56,57,58)/b8-6-,14-12-,21-20-,29-18-,35-33-. The number of unbranched alkanes of at least 4 members (excludes halogenated alkanes) is 20. The molecule has 1 aliphatic rings. The van der Waals surface area contributed by atoms with Crippen LogP contribution in [-0.4, -0.2) is 97.5 Å². The number of esters is 1. The first kappa shape index (κ1) is 59.8. The molecule has 6 unspecified atom stereocenters. The van der Waals surface area contributed by atoms with Crippen LogP contribution in [0, 0.1) is 0 Å². The molecule has 13 heteroatoms. The summed E-state index contributed by atoms with van der Waals surface area (Å²) < 4.78 is 59.1. The molecule has 12 nitrogen and oxygen atoms in total. The van der Waals surface area contributed by atoms with E-state index in [1.54, 1.807) is 0 Å². The lowest BCUT2D eigenvalue weighted by Gasteiger charge is -2.41. The Hall–Kier alpha value is -2.20. The summed E-state index contributed by atoms with van der Waals surface area (Å²) in [5, 5.41) is 30.7. The van der Waals surface area contributed by atoms with Gasteiger partial charge in [0.05, 0.1) is 19.8 Å². The van der Waals surface area contributed by atoms with Gasteiger partial charge in [0.15, 0.2) is 6.29 Å². The number of rotatable bonds is 43. The fraction of sp³-hybridized carbons (Fsp3) is 0.784. The maximum atomic E-state index is 12.9. The molecule has 4 N–H and O–H groups in total. The molecule has 1 aliphatic heterocycles. The van der Waals surface area contributed by atoms with Gasteiger partial charge in [-0.25, -0.2) is 4.18 Å². The molecule has 372 valence electrons. The molecule has 0 aliphatic carbocycles. The first-order chi connectivity index (χ1) is 31.1. The molecule has 1 saturated heterocycles. The number of aliphatic hydroxyl groups excluding tert-OH is 3. The molecule has 0 radical (unpaired) electrons. The zero-order valence-corrected chi connectivity index (χ0v) is 40.6. The molecule has 0 aromatic heterocycles. The molecule has 1 fully saturated rings. The van der Waals surface area contributed by atoms with Gasteiger partial charge in [-0.05, 0) is 70.6 Å². The Morgan fingerprint density at radius 1 is 0.609 bits per heavy atom. The number of allylic oxidation sites excluding steroid dienone is 10. The zero-order chi connectivity index (χ0) is 46.8. The maximum Gasteiger partial charge on any atom is 0.397 e. The smallest absolute Gasteiger partial charge is 0.397 e. The van der Waals surface area contributed by atoms with E-state index in [0.717, 1.165) is 57.8 Å². The molecular weight excluding hydrogens is 837 g/mol. The van der Waals surface area contributed by atoms with E-state index in [4.69, 9.17) is 18.9 Å². The van der Waals surface area contributed by atoms with E-state index in [1.807, 2.05) is 0 Å². The van der Waals surface area contributed by atoms with E-state index < -0.39 is 59.8 Å². The van der Waals surface area contributed by atoms with Crippen molar-refractivity contribution in [2.45, 2.75) is 230 Å². The normalized spacial score (nSPS) is 20.2. The number of carbonyl (C=O) groups is 1. The fourth-order valence-corrected chi connectivity index (χ4v) is 7.89. The Kier molecular flexibility index (Phi) is 39.4. The van der Waals surface area contributed by atoms with Gasteiger partial charge >= 0.3 is 16.4 Å². The summed E-state index contributed by atoms with van der Waals surface area (Å²) in [5.41, 5.74) is 0. The lowest BCUT2D eigenvalue weighted by atomic mass is 9.99. The van der Waals surface area contributed by atoms with E-state index in [0.29, 0.717) is 13.0 Å². The number of hydrogen-bond donors (Lipinski definition) is 4. The molecule has 1 rings (SSSR count). The summed E-state index contributed by atoms with van der Waals surface area (Å²) in [5.74, 6) is -0.419. The molecule has 0 bridgehead atoms. The average molecular weight is 927 g/mol. The molecule has 0 saturated carbocycles. The van der Waals surface area contributed by atoms with Crippen molar-refractivity contribution < 1.29 is 56.2 Å². The van der Waals surface area contributed by atoms with Gasteiger partial charge in [-0.3, -0.25) is 9.35 Å². The van der Waals surface area contributed by atoms with Gasteiger partial charge in [-0.1, -0.05) is 177 Å². The van der Waals surface area contributed by atoms with Crippen molar-refractivity contribution >= 4 is 16.4 Å². The highest BCUT2D eigenvalue weighted by Gasteiger charge is 2.48. The fourth-order valence-electron chi connectivity index (χ4n) is 7.38. The molecule has 0 aromatic carbocycles. The molecule has 0 aromatic rings. The Labute approximate surface area is 388 Å². The maximum absolute atomic E-state index is 12.9. The Morgan fingerprint density at radius 2 is 1.08 bits per heavy atom. The predicted octanol–water partition coefficient (Wildman–Crippen LogP) is 11.3. The Balaban J connectivity index is 2.37. The van der Waals surface area contributed by atoms with E-state index in [2.05, 4.69) is 78.8 Å². The highest BCUT2D eigenvalue weighted by molar-refractivity contribution is 7.80. The van der Waals surface area contributed by atoms with Gasteiger partial charge in [0.2, 0.25) is 0 Å². The van der Waals surface area contributed by atoms with Crippen molar-refractivity contribution in [3.63, 3.8) is 0 Å². The Morgan fingerprint density at radius 3 is 1.59 bits per heavy atom. The van der Waals surface area contributed by atoms with Crippen molar-refractivity contribution in [2.75, 3.05) is 26.4 Å². The summed E-state index contributed by atoms with van der Waals surface area (Å²) in [4.78, 5) is 12.9. The molecule has 0 spiro atoms. The third-order valence-corrected chi connectivity index (χ3v) is 11.6. The van der Waals surface area contributed by atoms with Gasteiger partial charge in [0.25, 0.3) is 0 Å². The summed E-state index contributed by atoms with van der Waals surface area (Å²) in [6.07, 6.45) is 44.2. The van der Waals surface area contributed by atoms with Crippen molar-refractivity contribution in [1.29, 1.82) is 0 Å². The zero-order valence-electron chi connectivity index (χ0n) is 39.8. The predicted molar refractivity (Wildman–Crippen MR) is 257 cm³/mol. The van der Waals surface area contributed by atoms with Crippen molar-refractivity contribution in [3.8, 4) is 0 Å². The van der Waals surface area contributed by atoms with Crippen LogP contribution in [0.1, 0.15) is 194 Å². The van der Waals surface area contributed by atoms with Crippen LogP contribution in [0.3, 0.4) is 0 Å². The van der Waals surface area contributed by atoms with Crippen LogP contribution < -0.4 is 0 Å². The van der Waals surface area contributed by atoms with Gasteiger partial charge in [-0.2, -0.15) is 8.42 Å². The average Bonchev–Trinajstić information content (AvgIpc) is 3.27. The second kappa shape index (κ2) is 42.2. The first-order valence-corrected chi connectivity index (χ1v) is 26.4. The largest absolute Gasteiger partial charge is 0.457 e. The highest BCUT2D eigenvalue weighted by Crippen LogP contribution is 2.26. The topological polar surface area (TPSA) is 178 Å². The number of ether oxygens (including phenoxy) is 4. The van der Waals surface area contributed by atoms with Gasteiger partial charge in [-0.15, -0.1) is 0 Å². The van der Waals surface area contributed by atoms with Gasteiger partial charge in [0.1, 0.15) is 30.5 Å².